The summed E-state index contributed by atoms with van der Waals surface area (Å²) in [4.78, 5) is 14.7. The number of hydrogen-bond acceptors (Lipinski definition) is 5. The van der Waals surface area contributed by atoms with E-state index < -0.39 is 0 Å². The molecule has 1 aromatic rings. The van der Waals surface area contributed by atoms with Crippen LogP contribution in [0.5, 0.6) is 0 Å². The number of amides is 1. The number of hydrogen-bond donors (Lipinski definition) is 2. The van der Waals surface area contributed by atoms with Crippen LogP contribution in [-0.4, -0.2) is 47.8 Å². The predicted octanol–water partition coefficient (Wildman–Crippen LogP) is 1.60. The number of primary amides is 1. The van der Waals surface area contributed by atoms with Crippen LogP contribution in [0.3, 0.4) is 0 Å². The fraction of sp³-hybridized carbons (Fsp3) is 0.688. The number of piperidine rings is 1. The lowest BCUT2D eigenvalue weighted by Gasteiger charge is -2.56. The molecule has 3 rings (SSSR count). The van der Waals surface area contributed by atoms with Gasteiger partial charge in [-0.1, -0.05) is 0 Å². The number of carbonyl (C=O) groups excluding carboxylic acids is 1. The highest BCUT2D eigenvalue weighted by Crippen LogP contribution is 2.51. The monoisotopic (exact) mass is 324 g/mol. The van der Waals surface area contributed by atoms with Gasteiger partial charge in [-0.2, -0.15) is 0 Å². The van der Waals surface area contributed by atoms with Crippen molar-refractivity contribution in [2.24, 2.45) is 11.1 Å². The second kappa shape index (κ2) is 6.28. The first kappa shape index (κ1) is 15.9. The Kier molecular flexibility index (Phi) is 4.54. The van der Waals surface area contributed by atoms with Gasteiger partial charge in [-0.25, -0.2) is 0 Å². The summed E-state index contributed by atoms with van der Waals surface area (Å²) in [5.41, 5.74) is 5.86. The van der Waals surface area contributed by atoms with E-state index in [-0.39, 0.29) is 23.5 Å². The van der Waals surface area contributed by atoms with Crippen LogP contribution >= 0.6 is 11.3 Å². The summed E-state index contributed by atoms with van der Waals surface area (Å²) in [7, 11) is 0. The minimum atomic E-state index is -0.364. The molecule has 1 saturated carbocycles. The number of ether oxygens (including phenoxy) is 1. The van der Waals surface area contributed by atoms with Crippen LogP contribution in [0.4, 0.5) is 0 Å². The van der Waals surface area contributed by atoms with Crippen molar-refractivity contribution in [3.05, 3.63) is 21.9 Å². The first-order chi connectivity index (χ1) is 10.5. The van der Waals surface area contributed by atoms with E-state index in [0.29, 0.717) is 12.2 Å². The second-order valence-corrected chi connectivity index (χ2v) is 7.37. The van der Waals surface area contributed by atoms with E-state index in [1.165, 1.54) is 4.88 Å². The van der Waals surface area contributed by atoms with Crippen molar-refractivity contribution in [2.45, 2.75) is 44.9 Å². The van der Waals surface area contributed by atoms with Gasteiger partial charge in [0.1, 0.15) is 0 Å². The average molecular weight is 324 g/mol. The van der Waals surface area contributed by atoms with Crippen LogP contribution in [-0.2, 0) is 11.3 Å². The van der Waals surface area contributed by atoms with Crippen molar-refractivity contribution in [1.29, 1.82) is 0 Å². The molecular formula is C16H24N2O3S. The third-order valence-electron chi connectivity index (χ3n) is 5.21. The maximum atomic E-state index is 11.1. The number of nitrogens with zero attached hydrogens (tertiary/aromatic N) is 1. The van der Waals surface area contributed by atoms with Crippen molar-refractivity contribution in [1.82, 2.24) is 4.90 Å². The van der Waals surface area contributed by atoms with E-state index >= 15 is 0 Å². The second-order valence-electron chi connectivity index (χ2n) is 6.37. The lowest BCUT2D eigenvalue weighted by Crippen LogP contribution is -2.62. The summed E-state index contributed by atoms with van der Waals surface area (Å²) in [5, 5.41) is 12.0. The zero-order valence-corrected chi connectivity index (χ0v) is 13.8. The van der Waals surface area contributed by atoms with E-state index in [9.17, 15) is 9.90 Å². The normalized spacial score (nSPS) is 27.7. The molecule has 22 heavy (non-hydrogen) atoms. The van der Waals surface area contributed by atoms with Gasteiger partial charge in [0, 0.05) is 35.2 Å². The smallest absolute Gasteiger partial charge is 0.249 e. The zero-order valence-electron chi connectivity index (χ0n) is 13.0. The van der Waals surface area contributed by atoms with Crippen LogP contribution < -0.4 is 5.73 Å². The van der Waals surface area contributed by atoms with Crippen LogP contribution in [0.25, 0.3) is 0 Å². The number of aliphatic hydroxyl groups excluding tert-OH is 1. The number of carbonyl (C=O) groups is 1. The van der Waals surface area contributed by atoms with Crippen LogP contribution in [0.15, 0.2) is 11.4 Å². The molecule has 1 amide bonds. The minimum Gasteiger partial charge on any atom is -0.392 e. The van der Waals surface area contributed by atoms with Crippen molar-refractivity contribution in [2.75, 3.05) is 19.7 Å². The molecule has 2 unspecified atom stereocenters. The van der Waals surface area contributed by atoms with Crippen LogP contribution in [0.2, 0.25) is 0 Å². The van der Waals surface area contributed by atoms with Gasteiger partial charge < -0.3 is 15.6 Å². The highest BCUT2D eigenvalue weighted by Gasteiger charge is 2.55. The van der Waals surface area contributed by atoms with Crippen molar-refractivity contribution < 1.29 is 14.6 Å². The number of nitrogens with two attached hydrogens (primary N) is 1. The first-order valence-electron chi connectivity index (χ1n) is 7.94. The molecule has 5 nitrogen and oxygen atoms in total. The number of thiophene rings is 1. The molecule has 0 aromatic carbocycles. The molecule has 6 heteroatoms. The average Bonchev–Trinajstić information content (AvgIpc) is 2.97. The van der Waals surface area contributed by atoms with Gasteiger partial charge in [0.25, 0.3) is 0 Å². The Hall–Kier alpha value is -0.950. The lowest BCUT2D eigenvalue weighted by molar-refractivity contribution is -0.209. The van der Waals surface area contributed by atoms with Crippen molar-refractivity contribution >= 4 is 17.2 Å². The van der Waals surface area contributed by atoms with E-state index in [0.717, 1.165) is 38.9 Å². The van der Waals surface area contributed by atoms with Crippen LogP contribution in [0, 0.1) is 5.41 Å². The summed E-state index contributed by atoms with van der Waals surface area (Å²) in [5.74, 6) is -0.364. The molecule has 2 fully saturated rings. The standard InChI is InChI=1S/C16H24N2O3S/c1-2-21-14-8-13(19)16(14)3-5-18(6-4-16)9-12-7-11(10-22-12)15(17)20/h7,10,13-14,19H,2-6,8-9H2,1H3,(H2,17,20). The molecule has 0 bridgehead atoms. The maximum absolute atomic E-state index is 11.1. The first-order valence-corrected chi connectivity index (χ1v) is 8.82. The van der Waals surface area contributed by atoms with Gasteiger partial charge in [0.05, 0.1) is 17.8 Å². The molecule has 122 valence electrons. The van der Waals surface area contributed by atoms with E-state index in [4.69, 9.17) is 10.5 Å². The molecule has 1 saturated heterocycles. The summed E-state index contributed by atoms with van der Waals surface area (Å²) >= 11 is 1.58. The largest absolute Gasteiger partial charge is 0.392 e. The Bertz CT molecular complexity index is 535. The molecule has 1 aliphatic heterocycles. The SMILES string of the molecule is CCOC1CC(O)C12CCN(Cc1cc(C(N)=O)cs1)CC2. The van der Waals surface area contributed by atoms with Gasteiger partial charge in [-0.15, -0.1) is 11.3 Å². The predicted molar refractivity (Wildman–Crippen MR) is 85.8 cm³/mol. The van der Waals surface area contributed by atoms with Gasteiger partial charge in [0.15, 0.2) is 0 Å². The molecule has 0 radical (unpaired) electrons. The molecule has 1 aromatic heterocycles. The number of rotatable bonds is 5. The fourth-order valence-corrected chi connectivity index (χ4v) is 4.67. The molecule has 1 spiro atoms. The summed E-state index contributed by atoms with van der Waals surface area (Å²) in [6, 6.07) is 1.89. The molecular weight excluding hydrogens is 300 g/mol. The van der Waals surface area contributed by atoms with E-state index in [1.54, 1.807) is 11.3 Å². The Morgan fingerprint density at radius 3 is 2.82 bits per heavy atom. The molecule has 3 N–H and O–H groups in total. The molecule has 1 aliphatic carbocycles. The highest BCUT2D eigenvalue weighted by atomic mass is 32.1. The zero-order chi connectivity index (χ0) is 15.7. The molecule has 2 aliphatic rings. The van der Waals surface area contributed by atoms with E-state index in [1.807, 2.05) is 18.4 Å². The van der Waals surface area contributed by atoms with Gasteiger partial charge >= 0.3 is 0 Å². The third kappa shape index (κ3) is 2.80. The Balaban J connectivity index is 1.56. The lowest BCUT2D eigenvalue weighted by atomic mass is 9.58. The van der Waals surface area contributed by atoms with Crippen molar-refractivity contribution in [3.63, 3.8) is 0 Å². The Morgan fingerprint density at radius 1 is 1.55 bits per heavy atom. The quantitative estimate of drug-likeness (QED) is 0.862. The van der Waals surface area contributed by atoms with Gasteiger partial charge in [0.2, 0.25) is 5.91 Å². The fourth-order valence-electron chi connectivity index (χ4n) is 3.76. The van der Waals surface area contributed by atoms with Crippen molar-refractivity contribution in [3.8, 4) is 0 Å². The summed E-state index contributed by atoms with van der Waals surface area (Å²) in [6.45, 7) is 5.51. The minimum absolute atomic E-state index is 0.0274. The summed E-state index contributed by atoms with van der Waals surface area (Å²) in [6.07, 6.45) is 2.74. The van der Waals surface area contributed by atoms with Gasteiger partial charge in [-0.3, -0.25) is 9.69 Å². The Labute approximate surface area is 135 Å². The number of likely N-dealkylation sites (tertiary alicyclic amines) is 1. The molecule has 2 heterocycles. The third-order valence-corrected chi connectivity index (χ3v) is 6.14. The van der Waals surface area contributed by atoms with Crippen LogP contribution in [0.1, 0.15) is 41.4 Å². The van der Waals surface area contributed by atoms with E-state index in [2.05, 4.69) is 4.90 Å². The summed E-state index contributed by atoms with van der Waals surface area (Å²) < 4.78 is 5.80. The maximum Gasteiger partial charge on any atom is 0.249 e. The van der Waals surface area contributed by atoms with Gasteiger partial charge in [-0.05, 0) is 38.9 Å². The Morgan fingerprint density at radius 2 is 2.27 bits per heavy atom. The topological polar surface area (TPSA) is 75.8 Å². The number of aliphatic hydroxyl groups is 1. The molecule has 2 atom stereocenters. The highest BCUT2D eigenvalue weighted by molar-refractivity contribution is 7.10.